The number of carbonyl (C=O) groups excluding carboxylic acids is 1. The van der Waals surface area contributed by atoms with Crippen LogP contribution in [-0.2, 0) is 4.74 Å². The maximum Gasteiger partial charge on any atom is 0.254 e. The van der Waals surface area contributed by atoms with Crippen LogP contribution in [0.25, 0.3) is 0 Å². The van der Waals surface area contributed by atoms with Gasteiger partial charge in [-0.15, -0.1) is 0 Å². The molecule has 0 spiro atoms. The minimum Gasteiger partial charge on any atom is -0.371 e. The van der Waals surface area contributed by atoms with Gasteiger partial charge in [-0.3, -0.25) is 14.8 Å². The van der Waals surface area contributed by atoms with E-state index in [2.05, 4.69) is 9.97 Å². The van der Waals surface area contributed by atoms with Crippen molar-refractivity contribution in [2.45, 2.75) is 37.3 Å². The number of rotatable bonds is 4. The molecule has 1 saturated carbocycles. The molecule has 5 nitrogen and oxygen atoms in total. The highest BCUT2D eigenvalue weighted by Gasteiger charge is 2.35. The molecule has 0 unspecified atom stereocenters. The molecule has 1 aliphatic heterocycles. The predicted octanol–water partition coefficient (Wildman–Crippen LogP) is 2.96. The Morgan fingerprint density at radius 2 is 2.12 bits per heavy atom. The van der Waals surface area contributed by atoms with E-state index in [1.165, 1.54) is 12.8 Å². The van der Waals surface area contributed by atoms with Gasteiger partial charge in [-0.25, -0.2) is 0 Å². The van der Waals surface area contributed by atoms with Gasteiger partial charge in [0.15, 0.2) is 0 Å². The second-order valence-corrected chi connectivity index (χ2v) is 6.59. The maximum absolute atomic E-state index is 12.9. The summed E-state index contributed by atoms with van der Waals surface area (Å²) in [5.74, 6) is 0.574. The smallest absolute Gasteiger partial charge is 0.254 e. The van der Waals surface area contributed by atoms with E-state index >= 15 is 0 Å². The first kappa shape index (κ1) is 15.3. The molecule has 4 rings (SSSR count). The molecule has 24 heavy (non-hydrogen) atoms. The lowest BCUT2D eigenvalue weighted by Crippen LogP contribution is -2.39. The number of amides is 1. The highest BCUT2D eigenvalue weighted by atomic mass is 16.5. The Morgan fingerprint density at radius 3 is 2.88 bits per heavy atom. The summed E-state index contributed by atoms with van der Waals surface area (Å²) < 4.78 is 5.88. The number of ether oxygens (including phenoxy) is 1. The van der Waals surface area contributed by atoms with E-state index in [9.17, 15) is 4.79 Å². The van der Waals surface area contributed by atoms with Gasteiger partial charge in [0.05, 0.1) is 6.04 Å². The molecule has 2 atom stereocenters. The Kier molecular flexibility index (Phi) is 4.02. The molecule has 0 N–H and O–H groups in total. The van der Waals surface area contributed by atoms with Crippen LogP contribution in [0.2, 0.25) is 0 Å². The molecule has 0 radical (unpaired) electrons. The Bertz CT molecular complexity index is 730. The highest BCUT2D eigenvalue weighted by molar-refractivity contribution is 5.94. The van der Waals surface area contributed by atoms with E-state index in [0.29, 0.717) is 18.1 Å². The number of carbonyl (C=O) groups is 1. The molecule has 3 heterocycles. The normalized spacial score (nSPS) is 23.2. The van der Waals surface area contributed by atoms with Crippen molar-refractivity contribution in [1.29, 1.82) is 0 Å². The van der Waals surface area contributed by atoms with E-state index in [-0.39, 0.29) is 18.1 Å². The first-order chi connectivity index (χ1) is 11.7. The molecular weight excluding hydrogens is 302 g/mol. The summed E-state index contributed by atoms with van der Waals surface area (Å²) in [6.45, 7) is 0.658. The number of pyridine rings is 2. The van der Waals surface area contributed by atoms with Crippen molar-refractivity contribution in [2.24, 2.45) is 0 Å². The quantitative estimate of drug-likeness (QED) is 0.868. The molecule has 124 valence electrons. The first-order valence-electron chi connectivity index (χ1n) is 8.48. The summed E-state index contributed by atoms with van der Waals surface area (Å²) in [5.41, 5.74) is 2.78. The number of aromatic nitrogens is 2. The van der Waals surface area contributed by atoms with Crippen molar-refractivity contribution >= 4 is 5.91 Å². The van der Waals surface area contributed by atoms with Gasteiger partial charge in [0.1, 0.15) is 6.10 Å². The van der Waals surface area contributed by atoms with Crippen LogP contribution in [0.3, 0.4) is 0 Å². The molecule has 5 heteroatoms. The summed E-state index contributed by atoms with van der Waals surface area (Å²) in [5, 5.41) is 0. The van der Waals surface area contributed by atoms with Gasteiger partial charge in [-0.05, 0) is 37.5 Å². The Hall–Kier alpha value is -2.27. The lowest BCUT2D eigenvalue weighted by atomic mass is 10.0. The SMILES string of the molecule is CN(C(=O)c1ccnc(C2CC2)c1)[C@H]1CCO[C@@H]1c1cccnc1. The van der Waals surface area contributed by atoms with Crippen molar-refractivity contribution in [3.63, 3.8) is 0 Å². The van der Waals surface area contributed by atoms with Gasteiger partial charge in [0.25, 0.3) is 5.91 Å². The standard InChI is InChI=1S/C19H21N3O2/c1-22(17-7-10-24-18(17)15-3-2-8-20-12-15)19(23)14-6-9-21-16(11-14)13-4-5-13/h2-3,6,8-9,11-13,17-18H,4-5,7,10H2,1H3/t17-,18+/m0/s1. The van der Waals surface area contributed by atoms with E-state index in [0.717, 1.165) is 17.7 Å². The molecule has 1 saturated heterocycles. The van der Waals surface area contributed by atoms with Crippen LogP contribution in [0.4, 0.5) is 0 Å². The third-order valence-corrected chi connectivity index (χ3v) is 4.91. The van der Waals surface area contributed by atoms with Gasteiger partial charge in [0.2, 0.25) is 0 Å². The molecule has 2 aliphatic rings. The van der Waals surface area contributed by atoms with Crippen LogP contribution < -0.4 is 0 Å². The van der Waals surface area contributed by atoms with Crippen LogP contribution in [0.5, 0.6) is 0 Å². The summed E-state index contributed by atoms with van der Waals surface area (Å²) in [6, 6.07) is 7.69. The zero-order valence-electron chi connectivity index (χ0n) is 13.8. The average molecular weight is 323 g/mol. The third kappa shape index (κ3) is 2.91. The predicted molar refractivity (Wildman–Crippen MR) is 89.6 cm³/mol. The number of hydrogen-bond acceptors (Lipinski definition) is 4. The molecule has 0 aromatic carbocycles. The van der Waals surface area contributed by atoms with Crippen LogP contribution in [-0.4, -0.2) is 40.5 Å². The molecule has 2 aromatic rings. The fourth-order valence-electron chi connectivity index (χ4n) is 3.38. The zero-order chi connectivity index (χ0) is 16.5. The van der Waals surface area contributed by atoms with Gasteiger partial charge in [-0.2, -0.15) is 0 Å². The fourth-order valence-corrected chi connectivity index (χ4v) is 3.38. The molecule has 0 bridgehead atoms. The monoisotopic (exact) mass is 323 g/mol. The molecule has 1 amide bonds. The van der Waals surface area contributed by atoms with Crippen LogP contribution in [0.15, 0.2) is 42.9 Å². The summed E-state index contributed by atoms with van der Waals surface area (Å²) in [4.78, 5) is 23.3. The molecular formula is C19H21N3O2. The summed E-state index contributed by atoms with van der Waals surface area (Å²) in [6.07, 6.45) is 8.40. The zero-order valence-corrected chi connectivity index (χ0v) is 13.8. The Morgan fingerprint density at radius 1 is 1.25 bits per heavy atom. The van der Waals surface area contributed by atoms with Crippen LogP contribution in [0.1, 0.15) is 52.9 Å². The van der Waals surface area contributed by atoms with Gasteiger partial charge in [-0.1, -0.05) is 6.07 Å². The van der Waals surface area contributed by atoms with Crippen LogP contribution >= 0.6 is 0 Å². The summed E-state index contributed by atoms with van der Waals surface area (Å²) >= 11 is 0. The third-order valence-electron chi connectivity index (χ3n) is 4.91. The second-order valence-electron chi connectivity index (χ2n) is 6.59. The van der Waals surface area contributed by atoms with Crippen molar-refractivity contribution in [1.82, 2.24) is 14.9 Å². The minimum atomic E-state index is -0.114. The number of hydrogen-bond donors (Lipinski definition) is 0. The van der Waals surface area contributed by atoms with E-state index in [4.69, 9.17) is 4.74 Å². The fraction of sp³-hybridized carbons (Fsp3) is 0.421. The topological polar surface area (TPSA) is 55.3 Å². The molecule has 1 aliphatic carbocycles. The van der Waals surface area contributed by atoms with Gasteiger partial charge in [0, 0.05) is 55.0 Å². The lowest BCUT2D eigenvalue weighted by Gasteiger charge is -2.28. The lowest BCUT2D eigenvalue weighted by molar-refractivity contribution is 0.0515. The van der Waals surface area contributed by atoms with Crippen molar-refractivity contribution in [3.8, 4) is 0 Å². The van der Waals surface area contributed by atoms with Gasteiger partial charge < -0.3 is 9.64 Å². The average Bonchev–Trinajstić information content (AvgIpc) is 3.38. The summed E-state index contributed by atoms with van der Waals surface area (Å²) in [7, 11) is 1.86. The minimum absolute atomic E-state index is 0.0271. The largest absolute Gasteiger partial charge is 0.371 e. The van der Waals surface area contributed by atoms with Crippen molar-refractivity contribution in [2.75, 3.05) is 13.7 Å². The molecule has 2 aromatic heterocycles. The highest BCUT2D eigenvalue weighted by Crippen LogP contribution is 2.39. The number of nitrogens with zero attached hydrogens (tertiary/aromatic N) is 3. The second kappa shape index (κ2) is 6.32. The maximum atomic E-state index is 12.9. The van der Waals surface area contributed by atoms with Crippen molar-refractivity contribution < 1.29 is 9.53 Å². The van der Waals surface area contributed by atoms with Crippen LogP contribution in [0, 0.1) is 0 Å². The van der Waals surface area contributed by atoms with E-state index in [1.807, 2.05) is 36.3 Å². The first-order valence-corrected chi connectivity index (χ1v) is 8.48. The van der Waals surface area contributed by atoms with E-state index < -0.39 is 0 Å². The number of likely N-dealkylation sites (N-methyl/N-ethyl adjacent to an activating group) is 1. The Labute approximate surface area is 141 Å². The Balaban J connectivity index is 1.54. The van der Waals surface area contributed by atoms with E-state index in [1.54, 1.807) is 18.5 Å². The molecule has 2 fully saturated rings. The van der Waals surface area contributed by atoms with Gasteiger partial charge >= 0.3 is 0 Å². The van der Waals surface area contributed by atoms with Crippen molar-refractivity contribution in [3.05, 3.63) is 59.7 Å².